The summed E-state index contributed by atoms with van der Waals surface area (Å²) in [5, 5.41) is 21.0. The number of aromatic nitrogens is 4. The van der Waals surface area contributed by atoms with Gasteiger partial charge in [-0.1, -0.05) is 37.3 Å². The predicted octanol–water partition coefficient (Wildman–Crippen LogP) is 1.01. The highest BCUT2D eigenvalue weighted by Gasteiger charge is 2.24. The van der Waals surface area contributed by atoms with Gasteiger partial charge >= 0.3 is 5.97 Å². The Bertz CT molecular complexity index is 585. The van der Waals surface area contributed by atoms with Crippen LogP contribution in [0.2, 0.25) is 0 Å². The SMILES string of the molecule is C[C@H](CC(=O)OCc1ccccc1)[C@H](O)c1nnnn1C. The van der Waals surface area contributed by atoms with Crippen LogP contribution in [0.25, 0.3) is 0 Å². The number of nitrogens with zero attached hydrogens (tertiary/aromatic N) is 4. The normalized spacial score (nSPS) is 13.7. The minimum atomic E-state index is -0.908. The fourth-order valence-corrected chi connectivity index (χ4v) is 1.91. The maximum absolute atomic E-state index is 11.8. The molecule has 0 bridgehead atoms. The molecule has 0 aliphatic carbocycles. The van der Waals surface area contributed by atoms with Crippen molar-refractivity contribution in [1.29, 1.82) is 0 Å². The summed E-state index contributed by atoms with van der Waals surface area (Å²) in [6.45, 7) is 1.98. The van der Waals surface area contributed by atoms with Crippen molar-refractivity contribution in [3.05, 3.63) is 41.7 Å². The van der Waals surface area contributed by atoms with Gasteiger partial charge in [0.15, 0.2) is 5.82 Å². The average molecular weight is 290 g/mol. The van der Waals surface area contributed by atoms with E-state index in [2.05, 4.69) is 15.5 Å². The lowest BCUT2D eigenvalue weighted by Gasteiger charge is -2.16. The van der Waals surface area contributed by atoms with Gasteiger partial charge in [-0.25, -0.2) is 4.68 Å². The second-order valence-electron chi connectivity index (χ2n) is 4.93. The maximum Gasteiger partial charge on any atom is 0.306 e. The second-order valence-corrected chi connectivity index (χ2v) is 4.93. The first kappa shape index (κ1) is 15.1. The minimum absolute atomic E-state index is 0.0981. The average Bonchev–Trinajstić information content (AvgIpc) is 2.91. The highest BCUT2D eigenvalue weighted by Crippen LogP contribution is 2.22. The number of aliphatic hydroxyl groups is 1. The van der Waals surface area contributed by atoms with Gasteiger partial charge in [0.25, 0.3) is 0 Å². The van der Waals surface area contributed by atoms with E-state index in [9.17, 15) is 9.90 Å². The number of ether oxygens (including phenoxy) is 1. The zero-order chi connectivity index (χ0) is 15.2. The number of aryl methyl sites for hydroxylation is 1. The molecule has 112 valence electrons. The summed E-state index contributed by atoms with van der Waals surface area (Å²) in [5.41, 5.74) is 0.927. The lowest BCUT2D eigenvalue weighted by Crippen LogP contribution is -2.18. The van der Waals surface area contributed by atoms with Crippen LogP contribution in [-0.2, 0) is 23.2 Å². The van der Waals surface area contributed by atoms with Gasteiger partial charge in [-0.05, 0) is 21.9 Å². The zero-order valence-corrected chi connectivity index (χ0v) is 12.0. The predicted molar refractivity (Wildman–Crippen MR) is 73.8 cm³/mol. The zero-order valence-electron chi connectivity index (χ0n) is 12.0. The molecule has 1 aromatic carbocycles. The Labute approximate surface area is 122 Å². The molecule has 0 saturated heterocycles. The van der Waals surface area contributed by atoms with Crippen LogP contribution in [0.5, 0.6) is 0 Å². The quantitative estimate of drug-likeness (QED) is 0.799. The van der Waals surface area contributed by atoms with Crippen molar-refractivity contribution in [2.45, 2.75) is 26.1 Å². The van der Waals surface area contributed by atoms with E-state index in [4.69, 9.17) is 4.74 Å². The van der Waals surface area contributed by atoms with Gasteiger partial charge in [0.1, 0.15) is 12.7 Å². The number of hydrogen-bond acceptors (Lipinski definition) is 6. The van der Waals surface area contributed by atoms with Gasteiger partial charge in [-0.2, -0.15) is 0 Å². The summed E-state index contributed by atoms with van der Waals surface area (Å²) in [6.07, 6.45) is -0.810. The van der Waals surface area contributed by atoms with E-state index >= 15 is 0 Å². The van der Waals surface area contributed by atoms with Crippen molar-refractivity contribution in [3.8, 4) is 0 Å². The number of carbonyl (C=O) groups excluding carboxylic acids is 1. The van der Waals surface area contributed by atoms with Crippen molar-refractivity contribution in [2.75, 3.05) is 0 Å². The molecule has 1 N–H and O–H groups in total. The molecule has 0 aliphatic heterocycles. The van der Waals surface area contributed by atoms with Crippen LogP contribution in [0.4, 0.5) is 0 Å². The lowest BCUT2D eigenvalue weighted by atomic mass is 10.0. The van der Waals surface area contributed by atoms with E-state index in [1.807, 2.05) is 30.3 Å². The Hall–Kier alpha value is -2.28. The van der Waals surface area contributed by atoms with Crippen LogP contribution in [0, 0.1) is 5.92 Å². The Morgan fingerprint density at radius 2 is 2.10 bits per heavy atom. The van der Waals surface area contributed by atoms with E-state index < -0.39 is 6.10 Å². The van der Waals surface area contributed by atoms with Crippen molar-refractivity contribution < 1.29 is 14.6 Å². The summed E-state index contributed by atoms with van der Waals surface area (Å²) in [6, 6.07) is 9.44. The Morgan fingerprint density at radius 1 is 1.38 bits per heavy atom. The summed E-state index contributed by atoms with van der Waals surface area (Å²) in [4.78, 5) is 11.8. The third-order valence-corrected chi connectivity index (χ3v) is 3.19. The molecular formula is C14H18N4O3. The number of tetrazole rings is 1. The van der Waals surface area contributed by atoms with Gasteiger partial charge in [-0.3, -0.25) is 4.79 Å². The molecule has 0 spiro atoms. The topological polar surface area (TPSA) is 90.1 Å². The molecule has 2 aromatic rings. The molecule has 1 aromatic heterocycles. The smallest absolute Gasteiger partial charge is 0.306 e. The van der Waals surface area contributed by atoms with Crippen molar-refractivity contribution >= 4 is 5.97 Å². The van der Waals surface area contributed by atoms with E-state index in [1.165, 1.54) is 4.68 Å². The summed E-state index contributed by atoms with van der Waals surface area (Å²) in [5.74, 6) is -0.364. The highest BCUT2D eigenvalue weighted by molar-refractivity contribution is 5.69. The fourth-order valence-electron chi connectivity index (χ4n) is 1.91. The molecule has 0 fully saturated rings. The highest BCUT2D eigenvalue weighted by atomic mass is 16.5. The molecule has 7 nitrogen and oxygen atoms in total. The molecule has 21 heavy (non-hydrogen) atoms. The van der Waals surface area contributed by atoms with E-state index in [0.717, 1.165) is 5.56 Å². The third-order valence-electron chi connectivity index (χ3n) is 3.19. The van der Waals surface area contributed by atoms with E-state index in [0.29, 0.717) is 5.82 Å². The molecule has 2 rings (SSSR count). The first-order chi connectivity index (χ1) is 10.1. The first-order valence-corrected chi connectivity index (χ1v) is 6.67. The molecular weight excluding hydrogens is 272 g/mol. The molecule has 0 unspecified atom stereocenters. The fraction of sp³-hybridized carbons (Fsp3) is 0.429. The monoisotopic (exact) mass is 290 g/mol. The van der Waals surface area contributed by atoms with Crippen LogP contribution in [0.15, 0.2) is 30.3 Å². The van der Waals surface area contributed by atoms with Gasteiger partial charge in [-0.15, -0.1) is 5.10 Å². The lowest BCUT2D eigenvalue weighted by molar-refractivity contribution is -0.147. The van der Waals surface area contributed by atoms with Crippen molar-refractivity contribution in [2.24, 2.45) is 13.0 Å². The summed E-state index contributed by atoms with van der Waals surface area (Å²) in [7, 11) is 1.64. The molecule has 0 radical (unpaired) electrons. The number of hydrogen-bond donors (Lipinski definition) is 1. The van der Waals surface area contributed by atoms with Crippen molar-refractivity contribution in [1.82, 2.24) is 20.2 Å². The summed E-state index contributed by atoms with van der Waals surface area (Å²) >= 11 is 0. The van der Waals surface area contributed by atoms with Gasteiger partial charge in [0, 0.05) is 7.05 Å². The van der Waals surface area contributed by atoms with Crippen LogP contribution in [-0.4, -0.2) is 31.3 Å². The Kier molecular flexibility index (Phi) is 4.99. The molecule has 2 atom stereocenters. The standard InChI is InChI=1S/C14H18N4O3/c1-10(13(20)14-15-16-17-18(14)2)8-12(19)21-9-11-6-4-3-5-7-11/h3-7,10,13,20H,8-9H2,1-2H3/t10-,13+/m1/s1. The molecule has 7 heteroatoms. The van der Waals surface area contributed by atoms with Crippen LogP contribution in [0.3, 0.4) is 0 Å². The summed E-state index contributed by atoms with van der Waals surface area (Å²) < 4.78 is 6.57. The van der Waals surface area contributed by atoms with Crippen molar-refractivity contribution in [3.63, 3.8) is 0 Å². The van der Waals surface area contributed by atoms with Crippen LogP contribution < -0.4 is 0 Å². The maximum atomic E-state index is 11.8. The number of benzene rings is 1. The van der Waals surface area contributed by atoms with Crippen LogP contribution >= 0.6 is 0 Å². The minimum Gasteiger partial charge on any atom is -0.461 e. The largest absolute Gasteiger partial charge is 0.461 e. The Balaban J connectivity index is 1.83. The Morgan fingerprint density at radius 3 is 2.71 bits per heavy atom. The molecule has 0 saturated carbocycles. The van der Waals surface area contributed by atoms with E-state index in [1.54, 1.807) is 14.0 Å². The van der Waals surface area contributed by atoms with E-state index in [-0.39, 0.29) is 24.9 Å². The number of aliphatic hydroxyl groups excluding tert-OH is 1. The number of carbonyl (C=O) groups is 1. The van der Waals surface area contributed by atoms with Gasteiger partial charge < -0.3 is 9.84 Å². The van der Waals surface area contributed by atoms with Gasteiger partial charge in [0.05, 0.1) is 6.42 Å². The number of esters is 1. The first-order valence-electron chi connectivity index (χ1n) is 6.67. The van der Waals surface area contributed by atoms with Crippen LogP contribution in [0.1, 0.15) is 30.8 Å². The number of rotatable bonds is 6. The van der Waals surface area contributed by atoms with Gasteiger partial charge in [0.2, 0.25) is 0 Å². The molecule has 1 heterocycles. The second kappa shape index (κ2) is 6.94. The molecule has 0 amide bonds. The molecule has 0 aliphatic rings. The third kappa shape index (κ3) is 4.09.